The van der Waals surface area contributed by atoms with Crippen molar-refractivity contribution in [2.24, 2.45) is 10.8 Å². The zero-order valence-electron chi connectivity index (χ0n) is 11.4. The van der Waals surface area contributed by atoms with E-state index in [2.05, 4.69) is 43.3 Å². The summed E-state index contributed by atoms with van der Waals surface area (Å²) in [6.45, 7) is 10.8. The van der Waals surface area contributed by atoms with Gasteiger partial charge in [-0.25, -0.2) is 0 Å². The van der Waals surface area contributed by atoms with Gasteiger partial charge in [-0.15, -0.1) is 0 Å². The van der Waals surface area contributed by atoms with Gasteiger partial charge in [0.15, 0.2) is 0 Å². The van der Waals surface area contributed by atoms with Gasteiger partial charge in [0, 0.05) is 15.3 Å². The van der Waals surface area contributed by atoms with Crippen LogP contribution < -0.4 is 0 Å². The molecule has 1 N–H and O–H groups in total. The molecule has 0 bridgehead atoms. The molecule has 0 aromatic rings. The van der Waals surface area contributed by atoms with Crippen molar-refractivity contribution in [2.75, 3.05) is 0 Å². The molecule has 2 rings (SSSR count). The molecular formula is C15H22BrClO. The summed E-state index contributed by atoms with van der Waals surface area (Å²) in [7, 11) is 0. The minimum atomic E-state index is -0.344. The van der Waals surface area contributed by atoms with E-state index in [1.165, 1.54) is 11.1 Å². The largest absolute Gasteiger partial charge is 0.392 e. The molecule has 2 aliphatic rings. The van der Waals surface area contributed by atoms with Crippen LogP contribution in [0.2, 0.25) is 0 Å². The molecule has 2 aliphatic carbocycles. The van der Waals surface area contributed by atoms with Crippen LogP contribution in [0.15, 0.2) is 22.8 Å². The number of halogens is 2. The lowest BCUT2D eigenvalue weighted by atomic mass is 9.50. The van der Waals surface area contributed by atoms with E-state index in [-0.39, 0.29) is 21.8 Å². The van der Waals surface area contributed by atoms with E-state index in [0.29, 0.717) is 6.42 Å². The molecule has 0 unspecified atom stereocenters. The van der Waals surface area contributed by atoms with Gasteiger partial charge in [-0.05, 0) is 38.0 Å². The predicted molar refractivity (Wildman–Crippen MR) is 81.1 cm³/mol. The third-order valence-corrected chi connectivity index (χ3v) is 7.45. The predicted octanol–water partition coefficient (Wildman–Crippen LogP) is 4.78. The van der Waals surface area contributed by atoms with Crippen LogP contribution in [0.1, 0.15) is 46.5 Å². The first-order valence-corrected chi connectivity index (χ1v) is 7.86. The van der Waals surface area contributed by atoms with Gasteiger partial charge in [-0.3, -0.25) is 0 Å². The number of hydrogen-bond acceptors (Lipinski definition) is 1. The van der Waals surface area contributed by atoms with E-state index in [1.807, 2.05) is 0 Å². The molecule has 0 aromatic carbocycles. The quantitative estimate of drug-likeness (QED) is 0.499. The Hall–Kier alpha value is 0.210. The Balaban J connectivity index is 2.45. The molecular weight excluding hydrogens is 312 g/mol. The molecule has 0 aliphatic heterocycles. The molecule has 0 saturated heterocycles. The lowest BCUT2D eigenvalue weighted by molar-refractivity contribution is 0.000421. The smallest absolute Gasteiger partial charge is 0.0707 e. The number of alkyl halides is 1. The Kier molecular flexibility index (Phi) is 3.77. The standard InChI is InChI=1S/C15H22BrClO/c1-9-5-6-15(8-11(9)17)10(2)7-12(18)13(16)14(15,3)4/h12-13,18H,2,5-8H2,1,3-4H3/t12-,13-,15-/m1/s1. The Morgan fingerprint density at radius 3 is 2.61 bits per heavy atom. The van der Waals surface area contributed by atoms with Crippen LogP contribution >= 0.6 is 27.5 Å². The second-order valence-corrected chi connectivity index (χ2v) is 7.89. The number of aliphatic hydroxyl groups is 1. The molecule has 1 nitrogen and oxygen atoms in total. The van der Waals surface area contributed by atoms with Crippen molar-refractivity contribution in [3.63, 3.8) is 0 Å². The summed E-state index contributed by atoms with van der Waals surface area (Å²) in [6.07, 6.45) is 3.35. The summed E-state index contributed by atoms with van der Waals surface area (Å²) in [5.74, 6) is 0. The van der Waals surface area contributed by atoms with Gasteiger partial charge < -0.3 is 5.11 Å². The van der Waals surface area contributed by atoms with Crippen LogP contribution in [0.25, 0.3) is 0 Å². The molecule has 3 heteroatoms. The van der Waals surface area contributed by atoms with E-state index >= 15 is 0 Å². The van der Waals surface area contributed by atoms with Gasteiger partial charge in [-0.1, -0.05) is 59.1 Å². The second-order valence-electron chi connectivity index (χ2n) is 6.44. The number of aliphatic hydroxyl groups excluding tert-OH is 1. The number of allylic oxidation sites excluding steroid dienone is 2. The highest BCUT2D eigenvalue weighted by molar-refractivity contribution is 9.09. The van der Waals surface area contributed by atoms with E-state index in [9.17, 15) is 5.11 Å². The van der Waals surface area contributed by atoms with E-state index in [4.69, 9.17) is 11.6 Å². The van der Waals surface area contributed by atoms with Crippen LogP contribution in [-0.4, -0.2) is 16.0 Å². The van der Waals surface area contributed by atoms with Crippen molar-refractivity contribution in [2.45, 2.75) is 57.4 Å². The van der Waals surface area contributed by atoms with Crippen molar-refractivity contribution in [3.8, 4) is 0 Å². The fourth-order valence-electron chi connectivity index (χ4n) is 3.64. The summed E-state index contributed by atoms with van der Waals surface area (Å²) < 4.78 is 0. The average Bonchev–Trinajstić information content (AvgIpc) is 2.29. The van der Waals surface area contributed by atoms with Crippen molar-refractivity contribution in [1.82, 2.24) is 0 Å². The first-order chi connectivity index (χ1) is 8.22. The first-order valence-electron chi connectivity index (χ1n) is 6.57. The lowest BCUT2D eigenvalue weighted by Gasteiger charge is -2.57. The molecule has 0 heterocycles. The van der Waals surface area contributed by atoms with E-state index in [0.717, 1.165) is 24.3 Å². The minimum absolute atomic E-state index is 0.0248. The fourth-order valence-corrected chi connectivity index (χ4v) is 4.59. The van der Waals surface area contributed by atoms with Crippen LogP contribution in [-0.2, 0) is 0 Å². The molecule has 1 saturated carbocycles. The van der Waals surface area contributed by atoms with Crippen molar-refractivity contribution in [3.05, 3.63) is 22.8 Å². The third-order valence-electron chi connectivity index (χ3n) is 5.24. The SMILES string of the molecule is C=C1C[C@@H](O)[C@@H](Br)C(C)(C)[C@@]12CCC(C)=C(Cl)C2. The fraction of sp³-hybridized carbons (Fsp3) is 0.733. The molecule has 18 heavy (non-hydrogen) atoms. The highest BCUT2D eigenvalue weighted by Gasteiger charge is 2.56. The molecule has 0 amide bonds. The highest BCUT2D eigenvalue weighted by Crippen LogP contribution is 2.62. The van der Waals surface area contributed by atoms with Gasteiger partial charge in [0.05, 0.1) is 6.10 Å². The monoisotopic (exact) mass is 332 g/mol. The minimum Gasteiger partial charge on any atom is -0.392 e. The third kappa shape index (κ3) is 1.92. The average molecular weight is 334 g/mol. The molecule has 1 fully saturated rings. The Bertz CT molecular complexity index is 413. The van der Waals surface area contributed by atoms with Gasteiger partial charge in [0.1, 0.15) is 0 Å². The molecule has 0 aromatic heterocycles. The molecule has 102 valence electrons. The Labute approximate surface area is 123 Å². The van der Waals surface area contributed by atoms with Crippen LogP contribution in [0.3, 0.4) is 0 Å². The summed E-state index contributed by atoms with van der Waals surface area (Å²) in [5, 5.41) is 11.2. The summed E-state index contributed by atoms with van der Waals surface area (Å²) in [6, 6.07) is 0. The Morgan fingerprint density at radius 2 is 2.06 bits per heavy atom. The topological polar surface area (TPSA) is 20.2 Å². The first kappa shape index (κ1) is 14.6. The van der Waals surface area contributed by atoms with E-state index in [1.54, 1.807) is 0 Å². The van der Waals surface area contributed by atoms with Crippen molar-refractivity contribution < 1.29 is 5.11 Å². The zero-order chi connectivity index (χ0) is 13.7. The lowest BCUT2D eigenvalue weighted by Crippen LogP contribution is -2.54. The van der Waals surface area contributed by atoms with Gasteiger partial charge in [0.25, 0.3) is 0 Å². The van der Waals surface area contributed by atoms with Crippen LogP contribution in [0.5, 0.6) is 0 Å². The summed E-state index contributed by atoms with van der Waals surface area (Å²) in [5.41, 5.74) is 2.46. The van der Waals surface area contributed by atoms with Crippen molar-refractivity contribution >= 4 is 27.5 Å². The van der Waals surface area contributed by atoms with Crippen LogP contribution in [0, 0.1) is 10.8 Å². The summed E-state index contributed by atoms with van der Waals surface area (Å²) >= 11 is 10.1. The molecule has 3 atom stereocenters. The molecule has 0 radical (unpaired) electrons. The molecule has 1 spiro atoms. The number of hydrogen-bond donors (Lipinski definition) is 1. The maximum Gasteiger partial charge on any atom is 0.0707 e. The van der Waals surface area contributed by atoms with Gasteiger partial charge in [0.2, 0.25) is 0 Å². The maximum absolute atomic E-state index is 10.2. The zero-order valence-corrected chi connectivity index (χ0v) is 13.7. The van der Waals surface area contributed by atoms with E-state index < -0.39 is 0 Å². The summed E-state index contributed by atoms with van der Waals surface area (Å²) in [4.78, 5) is 0.0957. The Morgan fingerprint density at radius 1 is 1.44 bits per heavy atom. The highest BCUT2D eigenvalue weighted by atomic mass is 79.9. The number of rotatable bonds is 0. The van der Waals surface area contributed by atoms with Gasteiger partial charge in [-0.2, -0.15) is 0 Å². The van der Waals surface area contributed by atoms with Gasteiger partial charge >= 0.3 is 0 Å². The maximum atomic E-state index is 10.2. The van der Waals surface area contributed by atoms with Crippen molar-refractivity contribution in [1.29, 1.82) is 0 Å². The second kappa shape index (κ2) is 4.64. The van der Waals surface area contributed by atoms with Crippen LogP contribution in [0.4, 0.5) is 0 Å². The normalized spacial score (nSPS) is 40.4.